The standard InChI is InChI=1S/C7H12IO2/c9-7-5-3-1-2-4-6(5)8-10-7/h5-7,9H,1-4H2/q-1/t5?,6-,7-/m0/s1. The molecule has 0 aromatic heterocycles. The topological polar surface area (TPSA) is 29.5 Å². The number of fused-ring (bicyclic) bond motifs is 1. The van der Waals surface area contributed by atoms with Crippen LogP contribution in [-0.4, -0.2) is 15.3 Å². The number of rotatable bonds is 0. The first-order valence-corrected chi connectivity index (χ1v) is 5.98. The van der Waals surface area contributed by atoms with E-state index < -0.39 is 6.29 Å². The summed E-state index contributed by atoms with van der Waals surface area (Å²) in [5, 5.41) is 9.33. The maximum absolute atomic E-state index is 9.33. The SMILES string of the molecule is O[C@H]1O[I-][C@H]2CCCCC21. The molecule has 0 amide bonds. The molecule has 1 saturated carbocycles. The number of hydrogen-bond donors (Lipinski definition) is 1. The maximum atomic E-state index is 9.33. The molecule has 1 aliphatic carbocycles. The number of aliphatic hydroxyl groups excluding tert-OH is 1. The van der Waals surface area contributed by atoms with Gasteiger partial charge < -0.3 is 0 Å². The fraction of sp³-hybridized carbons (Fsp3) is 1.00. The van der Waals surface area contributed by atoms with Gasteiger partial charge in [0.1, 0.15) is 0 Å². The van der Waals surface area contributed by atoms with Crippen molar-refractivity contribution in [3.63, 3.8) is 0 Å². The average molecular weight is 255 g/mol. The van der Waals surface area contributed by atoms with Gasteiger partial charge in [0.05, 0.1) is 0 Å². The fourth-order valence-corrected chi connectivity index (χ4v) is 4.57. The molecule has 0 aromatic rings. The third kappa shape index (κ3) is 1.19. The van der Waals surface area contributed by atoms with Crippen molar-refractivity contribution in [2.24, 2.45) is 5.92 Å². The fourth-order valence-electron chi connectivity index (χ4n) is 1.73. The predicted molar refractivity (Wildman–Crippen MR) is 32.8 cm³/mol. The Morgan fingerprint density at radius 1 is 1.30 bits per heavy atom. The van der Waals surface area contributed by atoms with Crippen LogP contribution < -0.4 is 21.6 Å². The summed E-state index contributed by atoms with van der Waals surface area (Å²) >= 11 is -0.109. The molecule has 1 saturated heterocycles. The molecule has 10 heavy (non-hydrogen) atoms. The summed E-state index contributed by atoms with van der Waals surface area (Å²) in [5.74, 6) is 0.515. The van der Waals surface area contributed by atoms with Crippen LogP contribution in [0.4, 0.5) is 0 Å². The first-order chi connectivity index (χ1) is 4.88. The van der Waals surface area contributed by atoms with Gasteiger partial charge in [-0.15, -0.1) is 0 Å². The molecule has 1 aliphatic heterocycles. The van der Waals surface area contributed by atoms with Gasteiger partial charge in [0.25, 0.3) is 0 Å². The van der Waals surface area contributed by atoms with E-state index in [1.54, 1.807) is 0 Å². The second-order valence-corrected chi connectivity index (χ2v) is 5.65. The van der Waals surface area contributed by atoms with Gasteiger partial charge in [-0.3, -0.25) is 0 Å². The van der Waals surface area contributed by atoms with Crippen LogP contribution in [0.5, 0.6) is 0 Å². The van der Waals surface area contributed by atoms with E-state index in [1.165, 1.54) is 25.7 Å². The summed E-state index contributed by atoms with van der Waals surface area (Å²) in [6.45, 7) is 0. The molecule has 0 spiro atoms. The predicted octanol–water partition coefficient (Wildman–Crippen LogP) is -2.10. The van der Waals surface area contributed by atoms with Crippen molar-refractivity contribution < 1.29 is 29.8 Å². The summed E-state index contributed by atoms with van der Waals surface area (Å²) in [6.07, 6.45) is 4.78. The van der Waals surface area contributed by atoms with Crippen molar-refractivity contribution in [3.8, 4) is 0 Å². The van der Waals surface area contributed by atoms with Gasteiger partial charge in [0.2, 0.25) is 0 Å². The number of halogens is 1. The normalized spacial score (nSPS) is 47.9. The van der Waals surface area contributed by atoms with Gasteiger partial charge >= 0.3 is 71.6 Å². The van der Waals surface area contributed by atoms with Crippen LogP contribution in [0, 0.1) is 5.92 Å². The van der Waals surface area contributed by atoms with Crippen molar-refractivity contribution in [1.29, 1.82) is 0 Å². The summed E-state index contributed by atoms with van der Waals surface area (Å²) in [6, 6.07) is 0. The third-order valence-electron chi connectivity index (χ3n) is 2.36. The van der Waals surface area contributed by atoms with E-state index in [4.69, 9.17) is 3.07 Å². The Balaban J connectivity index is 2.01. The van der Waals surface area contributed by atoms with Gasteiger partial charge in [0, 0.05) is 0 Å². The molecule has 1 heterocycles. The van der Waals surface area contributed by atoms with E-state index in [0.29, 0.717) is 5.92 Å². The van der Waals surface area contributed by atoms with Gasteiger partial charge in [-0.25, -0.2) is 0 Å². The Labute approximate surface area is 71.8 Å². The van der Waals surface area contributed by atoms with Gasteiger partial charge in [-0.2, -0.15) is 0 Å². The van der Waals surface area contributed by atoms with Crippen molar-refractivity contribution in [2.45, 2.75) is 35.9 Å². The third-order valence-corrected chi connectivity index (χ3v) is 5.37. The van der Waals surface area contributed by atoms with Gasteiger partial charge in [-0.1, -0.05) is 0 Å². The minimum absolute atomic E-state index is 0.109. The van der Waals surface area contributed by atoms with E-state index in [9.17, 15) is 5.11 Å². The number of alkyl halides is 1. The summed E-state index contributed by atoms with van der Waals surface area (Å²) in [7, 11) is 0. The molecule has 0 bridgehead atoms. The summed E-state index contributed by atoms with van der Waals surface area (Å²) < 4.78 is 6.05. The van der Waals surface area contributed by atoms with Gasteiger partial charge in [0.15, 0.2) is 0 Å². The van der Waals surface area contributed by atoms with Crippen LogP contribution in [0.25, 0.3) is 0 Å². The Bertz CT molecular complexity index is 127. The zero-order valence-corrected chi connectivity index (χ0v) is 7.95. The van der Waals surface area contributed by atoms with Crippen LogP contribution in [0.1, 0.15) is 25.7 Å². The molecule has 1 N–H and O–H groups in total. The summed E-state index contributed by atoms with van der Waals surface area (Å²) in [5.41, 5.74) is 0. The second-order valence-electron chi connectivity index (χ2n) is 3.03. The Morgan fingerprint density at radius 3 is 2.90 bits per heavy atom. The molecule has 1 unspecified atom stereocenters. The van der Waals surface area contributed by atoms with Crippen molar-refractivity contribution in [3.05, 3.63) is 0 Å². The summed E-state index contributed by atoms with van der Waals surface area (Å²) in [4.78, 5) is 0. The zero-order valence-electron chi connectivity index (χ0n) is 5.79. The Morgan fingerprint density at radius 2 is 2.10 bits per heavy atom. The van der Waals surface area contributed by atoms with Crippen molar-refractivity contribution in [1.82, 2.24) is 0 Å². The Hall–Kier alpha value is 0.650. The molecular formula is C7H12IO2-. The molecule has 2 rings (SSSR count). The van der Waals surface area contributed by atoms with Crippen molar-refractivity contribution in [2.75, 3.05) is 0 Å². The molecule has 3 heteroatoms. The molecule has 2 fully saturated rings. The van der Waals surface area contributed by atoms with E-state index in [-0.39, 0.29) is 21.6 Å². The number of hydrogen-bond acceptors (Lipinski definition) is 2. The second kappa shape index (κ2) is 2.95. The van der Waals surface area contributed by atoms with E-state index in [0.717, 1.165) is 3.92 Å². The van der Waals surface area contributed by atoms with Crippen molar-refractivity contribution >= 4 is 0 Å². The van der Waals surface area contributed by atoms with Crippen LogP contribution >= 0.6 is 0 Å². The number of aliphatic hydroxyl groups is 1. The van der Waals surface area contributed by atoms with Crippen LogP contribution in [-0.2, 0) is 3.07 Å². The van der Waals surface area contributed by atoms with E-state index in [1.807, 2.05) is 0 Å². The first-order valence-electron chi connectivity index (χ1n) is 3.85. The molecule has 2 aliphatic rings. The first kappa shape index (κ1) is 7.31. The zero-order chi connectivity index (χ0) is 6.97. The molecule has 2 nitrogen and oxygen atoms in total. The van der Waals surface area contributed by atoms with Gasteiger partial charge in [-0.05, 0) is 0 Å². The van der Waals surface area contributed by atoms with E-state index >= 15 is 0 Å². The van der Waals surface area contributed by atoms with E-state index in [2.05, 4.69) is 0 Å². The Kier molecular flexibility index (Phi) is 2.15. The quantitative estimate of drug-likeness (QED) is 0.397. The average Bonchev–Trinajstić information content (AvgIpc) is 2.34. The van der Waals surface area contributed by atoms with Crippen LogP contribution in [0.3, 0.4) is 0 Å². The molecule has 3 atom stereocenters. The molecule has 0 radical (unpaired) electrons. The molecular weight excluding hydrogens is 243 g/mol. The minimum atomic E-state index is -0.391. The van der Waals surface area contributed by atoms with Crippen LogP contribution in [0.15, 0.2) is 0 Å². The van der Waals surface area contributed by atoms with Crippen LogP contribution in [0.2, 0.25) is 0 Å². The monoisotopic (exact) mass is 255 g/mol. The molecule has 0 aromatic carbocycles. The molecule has 60 valence electrons.